The van der Waals surface area contributed by atoms with Crippen LogP contribution in [-0.2, 0) is 4.79 Å². The van der Waals surface area contributed by atoms with Gasteiger partial charge in [-0.05, 0) is 24.3 Å². The fourth-order valence-electron chi connectivity index (χ4n) is 1.48. The molecule has 0 saturated heterocycles. The molecule has 0 atom stereocenters. The highest BCUT2D eigenvalue weighted by atomic mass is 16.5. The molecule has 1 amide bonds. The van der Waals surface area contributed by atoms with Gasteiger partial charge in [0.25, 0.3) is 0 Å². The third-order valence-electron chi connectivity index (χ3n) is 2.38. The standard InChI is InChI=1S/C14H12N2O5/c17-13(18)9-21-11-5-2-1-4-10(11)8-15-16-14(19)12-6-3-7-20-12/h1-8H,9H2,(H,16,19)(H,17,18). The molecule has 0 spiro atoms. The largest absolute Gasteiger partial charge is 0.481 e. The normalized spacial score (nSPS) is 10.5. The van der Waals surface area contributed by atoms with Gasteiger partial charge in [0.2, 0.25) is 0 Å². The third-order valence-corrected chi connectivity index (χ3v) is 2.38. The van der Waals surface area contributed by atoms with E-state index in [0.717, 1.165) is 0 Å². The highest BCUT2D eigenvalue weighted by molar-refractivity contribution is 5.92. The Morgan fingerprint density at radius 2 is 2.10 bits per heavy atom. The molecule has 0 fully saturated rings. The van der Waals surface area contributed by atoms with Crippen molar-refractivity contribution in [1.29, 1.82) is 0 Å². The molecule has 2 N–H and O–H groups in total. The summed E-state index contributed by atoms with van der Waals surface area (Å²) in [6, 6.07) is 9.83. The number of amides is 1. The van der Waals surface area contributed by atoms with Crippen LogP contribution < -0.4 is 10.2 Å². The fourth-order valence-corrected chi connectivity index (χ4v) is 1.48. The van der Waals surface area contributed by atoms with Crippen molar-refractivity contribution in [3.8, 4) is 5.75 Å². The van der Waals surface area contributed by atoms with Crippen molar-refractivity contribution in [3.05, 3.63) is 54.0 Å². The van der Waals surface area contributed by atoms with E-state index >= 15 is 0 Å². The van der Waals surface area contributed by atoms with E-state index in [0.29, 0.717) is 11.3 Å². The monoisotopic (exact) mass is 288 g/mol. The van der Waals surface area contributed by atoms with Gasteiger partial charge in [0, 0.05) is 5.56 Å². The first-order valence-corrected chi connectivity index (χ1v) is 5.97. The molecule has 0 radical (unpaired) electrons. The predicted molar refractivity (Wildman–Crippen MR) is 73.3 cm³/mol. The Hall–Kier alpha value is -3.09. The Labute approximate surface area is 119 Å². The average Bonchev–Trinajstić information content (AvgIpc) is 3.00. The summed E-state index contributed by atoms with van der Waals surface area (Å²) in [5.41, 5.74) is 2.83. The van der Waals surface area contributed by atoms with Crippen LogP contribution in [0.25, 0.3) is 0 Å². The quantitative estimate of drug-likeness (QED) is 0.619. The van der Waals surface area contributed by atoms with Gasteiger partial charge in [-0.25, -0.2) is 10.2 Å². The van der Waals surface area contributed by atoms with Gasteiger partial charge < -0.3 is 14.3 Å². The Morgan fingerprint density at radius 1 is 1.29 bits per heavy atom. The van der Waals surface area contributed by atoms with Crippen molar-refractivity contribution in [3.63, 3.8) is 0 Å². The van der Waals surface area contributed by atoms with E-state index in [1.165, 1.54) is 18.5 Å². The second-order valence-corrected chi connectivity index (χ2v) is 3.90. The number of para-hydroxylation sites is 1. The van der Waals surface area contributed by atoms with Crippen molar-refractivity contribution in [2.45, 2.75) is 0 Å². The number of nitrogens with one attached hydrogen (secondary N) is 1. The van der Waals surface area contributed by atoms with Crippen molar-refractivity contribution in [1.82, 2.24) is 5.43 Å². The number of carbonyl (C=O) groups is 2. The van der Waals surface area contributed by atoms with E-state index in [2.05, 4.69) is 10.5 Å². The predicted octanol–water partition coefficient (Wildman–Crippen LogP) is 1.51. The summed E-state index contributed by atoms with van der Waals surface area (Å²) in [6.45, 7) is -0.455. The van der Waals surface area contributed by atoms with Crippen LogP contribution in [0, 0.1) is 0 Å². The number of nitrogens with zero attached hydrogens (tertiary/aromatic N) is 1. The molecule has 2 aromatic rings. The molecule has 1 heterocycles. The number of carboxylic acid groups (broad SMARTS) is 1. The van der Waals surface area contributed by atoms with Gasteiger partial charge in [0.15, 0.2) is 12.4 Å². The van der Waals surface area contributed by atoms with Crippen molar-refractivity contribution < 1.29 is 23.8 Å². The van der Waals surface area contributed by atoms with Gasteiger partial charge in [0.05, 0.1) is 12.5 Å². The zero-order chi connectivity index (χ0) is 15.1. The highest BCUT2D eigenvalue weighted by Crippen LogP contribution is 2.15. The number of hydrazone groups is 1. The molecule has 1 aromatic heterocycles. The van der Waals surface area contributed by atoms with Crippen LogP contribution in [0.3, 0.4) is 0 Å². The maximum Gasteiger partial charge on any atom is 0.341 e. The van der Waals surface area contributed by atoms with E-state index in [-0.39, 0.29) is 5.76 Å². The lowest BCUT2D eigenvalue weighted by atomic mass is 10.2. The second kappa shape index (κ2) is 6.90. The number of ether oxygens (including phenoxy) is 1. The minimum atomic E-state index is -1.08. The molecule has 0 unspecified atom stereocenters. The lowest BCUT2D eigenvalue weighted by molar-refractivity contribution is -0.139. The van der Waals surface area contributed by atoms with Crippen molar-refractivity contribution in [2.75, 3.05) is 6.61 Å². The molecule has 0 aliphatic rings. The Bertz CT molecular complexity index is 649. The van der Waals surface area contributed by atoms with Crippen LogP contribution in [0.5, 0.6) is 5.75 Å². The Balaban J connectivity index is 2.00. The smallest absolute Gasteiger partial charge is 0.341 e. The molecule has 21 heavy (non-hydrogen) atoms. The molecule has 7 nitrogen and oxygen atoms in total. The summed E-state index contributed by atoms with van der Waals surface area (Å²) >= 11 is 0. The zero-order valence-corrected chi connectivity index (χ0v) is 10.9. The molecule has 0 aliphatic heterocycles. The van der Waals surface area contributed by atoms with E-state index in [1.54, 1.807) is 30.3 Å². The molecular formula is C14H12N2O5. The first-order valence-electron chi connectivity index (χ1n) is 5.97. The third kappa shape index (κ3) is 4.20. The first-order chi connectivity index (χ1) is 10.2. The summed E-state index contributed by atoms with van der Waals surface area (Å²) in [5, 5.41) is 12.4. The minimum Gasteiger partial charge on any atom is -0.481 e. The van der Waals surface area contributed by atoms with Gasteiger partial charge in [-0.15, -0.1) is 0 Å². The number of hydrogen-bond donors (Lipinski definition) is 2. The van der Waals surface area contributed by atoms with Gasteiger partial charge >= 0.3 is 11.9 Å². The van der Waals surface area contributed by atoms with Crippen LogP contribution in [-0.4, -0.2) is 29.8 Å². The summed E-state index contributed by atoms with van der Waals surface area (Å²) in [7, 11) is 0. The zero-order valence-electron chi connectivity index (χ0n) is 10.9. The number of aliphatic carboxylic acids is 1. The van der Waals surface area contributed by atoms with Gasteiger partial charge in [-0.3, -0.25) is 4.79 Å². The summed E-state index contributed by atoms with van der Waals surface area (Å²) in [6.07, 6.45) is 2.74. The highest BCUT2D eigenvalue weighted by Gasteiger charge is 2.07. The lowest BCUT2D eigenvalue weighted by Gasteiger charge is -2.05. The van der Waals surface area contributed by atoms with Gasteiger partial charge in [-0.1, -0.05) is 12.1 Å². The number of benzene rings is 1. The molecule has 0 bridgehead atoms. The van der Waals surface area contributed by atoms with Crippen LogP contribution in [0.15, 0.2) is 52.2 Å². The van der Waals surface area contributed by atoms with Crippen LogP contribution in [0.4, 0.5) is 0 Å². The molecule has 0 aliphatic carbocycles. The maximum atomic E-state index is 11.6. The maximum absolute atomic E-state index is 11.6. The number of furan rings is 1. The number of rotatable bonds is 6. The first kappa shape index (κ1) is 14.3. The molecule has 0 saturated carbocycles. The topological polar surface area (TPSA) is 101 Å². The SMILES string of the molecule is O=C(O)COc1ccccc1C=NNC(=O)c1ccco1. The average molecular weight is 288 g/mol. The number of carbonyl (C=O) groups excluding carboxylic acids is 1. The van der Waals surface area contributed by atoms with E-state index < -0.39 is 18.5 Å². The molecular weight excluding hydrogens is 276 g/mol. The fraction of sp³-hybridized carbons (Fsp3) is 0.0714. The summed E-state index contributed by atoms with van der Waals surface area (Å²) in [5.74, 6) is -1.06. The van der Waals surface area contributed by atoms with Crippen LogP contribution in [0.1, 0.15) is 16.1 Å². The van der Waals surface area contributed by atoms with E-state index in [1.807, 2.05) is 0 Å². The summed E-state index contributed by atoms with van der Waals surface area (Å²) < 4.78 is 10.0. The lowest BCUT2D eigenvalue weighted by Crippen LogP contribution is -2.17. The van der Waals surface area contributed by atoms with Gasteiger partial charge in [0.1, 0.15) is 5.75 Å². The van der Waals surface area contributed by atoms with Crippen molar-refractivity contribution in [2.24, 2.45) is 5.10 Å². The molecule has 108 valence electrons. The van der Waals surface area contributed by atoms with Crippen LogP contribution in [0.2, 0.25) is 0 Å². The number of carboxylic acids is 1. The summed E-state index contributed by atoms with van der Waals surface area (Å²) in [4.78, 5) is 22.1. The minimum absolute atomic E-state index is 0.141. The Kier molecular flexibility index (Phi) is 4.70. The van der Waals surface area contributed by atoms with Crippen LogP contribution >= 0.6 is 0 Å². The Morgan fingerprint density at radius 3 is 2.81 bits per heavy atom. The van der Waals surface area contributed by atoms with Gasteiger partial charge in [-0.2, -0.15) is 5.10 Å². The molecule has 1 aromatic carbocycles. The van der Waals surface area contributed by atoms with E-state index in [9.17, 15) is 9.59 Å². The second-order valence-electron chi connectivity index (χ2n) is 3.90. The van der Waals surface area contributed by atoms with E-state index in [4.69, 9.17) is 14.3 Å². The molecule has 2 rings (SSSR count). The number of hydrogen-bond acceptors (Lipinski definition) is 5. The van der Waals surface area contributed by atoms with Crippen molar-refractivity contribution >= 4 is 18.1 Å². The molecule has 7 heteroatoms.